The summed E-state index contributed by atoms with van der Waals surface area (Å²) in [7, 11) is 0. The Morgan fingerprint density at radius 3 is 2.94 bits per heavy atom. The molecule has 1 aromatic heterocycles. The third kappa shape index (κ3) is 1.86. The zero-order valence-electron chi connectivity index (χ0n) is 10.1. The van der Waals surface area contributed by atoms with Gasteiger partial charge >= 0.3 is 0 Å². The minimum Gasteiger partial charge on any atom is -0.341 e. The van der Waals surface area contributed by atoms with Crippen molar-refractivity contribution in [3.8, 4) is 0 Å². The summed E-state index contributed by atoms with van der Waals surface area (Å²) in [6, 6.07) is 5.44. The Morgan fingerprint density at radius 1 is 1.33 bits per heavy atom. The van der Waals surface area contributed by atoms with E-state index >= 15 is 0 Å². The lowest BCUT2D eigenvalue weighted by molar-refractivity contribution is -0.131. The van der Waals surface area contributed by atoms with Crippen LogP contribution in [0.5, 0.6) is 0 Å². The number of hydrogen-bond acceptors (Lipinski definition) is 3. The molecule has 1 amide bonds. The molecule has 5 heteroatoms. The van der Waals surface area contributed by atoms with Crippen LogP contribution in [0.15, 0.2) is 23.0 Å². The highest BCUT2D eigenvalue weighted by atomic mass is 32.1. The number of likely N-dealkylation sites (tertiary alicyclic amines) is 1. The molecule has 0 aromatic carbocycles. The zero-order valence-corrected chi connectivity index (χ0v) is 11.0. The first-order chi connectivity index (χ1) is 8.69. The molecule has 2 bridgehead atoms. The van der Waals surface area contributed by atoms with E-state index in [9.17, 15) is 9.59 Å². The van der Waals surface area contributed by atoms with Crippen molar-refractivity contribution in [3.05, 3.63) is 34.2 Å². The highest BCUT2D eigenvalue weighted by molar-refractivity contribution is 7.81. The third-order valence-corrected chi connectivity index (χ3v) is 4.24. The number of fused-ring (bicyclic) bond motifs is 4. The standard InChI is InChI=1S/C13H16N2O2S/c16-12-3-1-2-11-10-4-9(6-15(11)12)5-14(7-10)13(17)8-18/h1-3,9-10,18H,4-8H2. The molecule has 1 saturated heterocycles. The Labute approximate surface area is 111 Å². The first-order valence-corrected chi connectivity index (χ1v) is 6.90. The number of amides is 1. The second-order valence-corrected chi connectivity index (χ2v) is 5.47. The Balaban J connectivity index is 1.95. The third-order valence-electron chi connectivity index (χ3n) is 3.97. The molecule has 0 saturated carbocycles. The molecule has 4 nitrogen and oxygen atoms in total. The summed E-state index contributed by atoms with van der Waals surface area (Å²) in [5.74, 6) is 1.07. The Kier molecular flexibility index (Phi) is 2.93. The van der Waals surface area contributed by atoms with Crippen molar-refractivity contribution < 1.29 is 4.79 Å². The van der Waals surface area contributed by atoms with Crippen molar-refractivity contribution in [3.63, 3.8) is 0 Å². The van der Waals surface area contributed by atoms with E-state index in [4.69, 9.17) is 0 Å². The van der Waals surface area contributed by atoms with Crippen molar-refractivity contribution in [2.75, 3.05) is 18.8 Å². The number of piperidine rings is 1. The highest BCUT2D eigenvalue weighted by Gasteiger charge is 2.35. The van der Waals surface area contributed by atoms with Crippen LogP contribution in [-0.2, 0) is 11.3 Å². The van der Waals surface area contributed by atoms with Gasteiger partial charge in [-0.3, -0.25) is 9.59 Å². The van der Waals surface area contributed by atoms with Gasteiger partial charge in [0.2, 0.25) is 5.91 Å². The molecule has 0 radical (unpaired) electrons. The van der Waals surface area contributed by atoms with Crippen LogP contribution < -0.4 is 5.56 Å². The molecule has 0 N–H and O–H groups in total. The molecule has 18 heavy (non-hydrogen) atoms. The first kappa shape index (κ1) is 11.8. The molecular weight excluding hydrogens is 248 g/mol. The average molecular weight is 264 g/mol. The maximum atomic E-state index is 11.8. The number of nitrogens with zero attached hydrogens (tertiary/aromatic N) is 2. The number of aromatic nitrogens is 1. The van der Waals surface area contributed by atoms with Gasteiger partial charge in [0.15, 0.2) is 0 Å². The van der Waals surface area contributed by atoms with Gasteiger partial charge in [0, 0.05) is 37.3 Å². The fourth-order valence-corrected chi connectivity index (χ4v) is 3.40. The van der Waals surface area contributed by atoms with Gasteiger partial charge in [-0.15, -0.1) is 0 Å². The Morgan fingerprint density at radius 2 is 2.17 bits per heavy atom. The molecule has 0 spiro atoms. The van der Waals surface area contributed by atoms with Gasteiger partial charge in [-0.05, 0) is 18.4 Å². The number of pyridine rings is 1. The van der Waals surface area contributed by atoms with Gasteiger partial charge in [0.25, 0.3) is 5.56 Å². The largest absolute Gasteiger partial charge is 0.341 e. The average Bonchev–Trinajstić information content (AvgIpc) is 2.39. The number of carbonyl (C=O) groups is 1. The van der Waals surface area contributed by atoms with Crippen LogP contribution in [0.3, 0.4) is 0 Å². The minimum absolute atomic E-state index is 0.0798. The molecule has 3 heterocycles. The van der Waals surface area contributed by atoms with Gasteiger partial charge in [-0.2, -0.15) is 12.6 Å². The Bertz CT molecular complexity index is 540. The van der Waals surface area contributed by atoms with E-state index in [-0.39, 0.29) is 17.2 Å². The summed E-state index contributed by atoms with van der Waals surface area (Å²) in [4.78, 5) is 25.5. The van der Waals surface area contributed by atoms with E-state index < -0.39 is 0 Å². The fourth-order valence-electron chi connectivity index (χ4n) is 3.20. The van der Waals surface area contributed by atoms with Gasteiger partial charge in [-0.1, -0.05) is 6.07 Å². The lowest BCUT2D eigenvalue weighted by atomic mass is 9.83. The molecule has 1 fully saturated rings. The van der Waals surface area contributed by atoms with Gasteiger partial charge < -0.3 is 9.47 Å². The van der Waals surface area contributed by atoms with Crippen LogP contribution in [-0.4, -0.2) is 34.2 Å². The van der Waals surface area contributed by atoms with E-state index in [1.165, 1.54) is 0 Å². The monoisotopic (exact) mass is 264 g/mol. The van der Waals surface area contributed by atoms with E-state index in [0.29, 0.717) is 11.8 Å². The lowest BCUT2D eigenvalue weighted by Gasteiger charge is -2.42. The number of thiol groups is 1. The molecule has 3 rings (SSSR count). The second kappa shape index (κ2) is 4.46. The van der Waals surface area contributed by atoms with E-state index in [0.717, 1.165) is 31.7 Å². The number of carbonyl (C=O) groups excluding carboxylic acids is 1. The predicted octanol–water partition coefficient (Wildman–Crippen LogP) is 0.724. The first-order valence-electron chi connectivity index (χ1n) is 6.27. The van der Waals surface area contributed by atoms with Crippen molar-refractivity contribution in [1.82, 2.24) is 9.47 Å². The number of hydrogen-bond donors (Lipinski definition) is 1. The maximum absolute atomic E-state index is 11.8. The summed E-state index contributed by atoms with van der Waals surface area (Å²) in [5, 5.41) is 0. The highest BCUT2D eigenvalue weighted by Crippen LogP contribution is 2.34. The van der Waals surface area contributed by atoms with E-state index in [1.807, 2.05) is 21.6 Å². The minimum atomic E-state index is 0.0798. The maximum Gasteiger partial charge on any atom is 0.250 e. The van der Waals surface area contributed by atoms with Crippen LogP contribution in [0, 0.1) is 5.92 Å². The van der Waals surface area contributed by atoms with Crippen molar-refractivity contribution in [2.45, 2.75) is 18.9 Å². The summed E-state index contributed by atoms with van der Waals surface area (Å²) < 4.78 is 1.88. The summed E-state index contributed by atoms with van der Waals surface area (Å²) >= 11 is 4.06. The van der Waals surface area contributed by atoms with E-state index in [2.05, 4.69) is 12.6 Å². The molecule has 96 valence electrons. The summed E-state index contributed by atoms with van der Waals surface area (Å²) in [6.45, 7) is 2.22. The molecular formula is C13H16N2O2S. The normalized spacial score (nSPS) is 25.7. The van der Waals surface area contributed by atoms with Gasteiger partial charge in [-0.25, -0.2) is 0 Å². The second-order valence-electron chi connectivity index (χ2n) is 5.15. The van der Waals surface area contributed by atoms with E-state index in [1.54, 1.807) is 6.07 Å². The van der Waals surface area contributed by atoms with Crippen molar-refractivity contribution in [2.24, 2.45) is 5.92 Å². The molecule has 1 aromatic rings. The molecule has 2 atom stereocenters. The zero-order chi connectivity index (χ0) is 12.7. The lowest BCUT2D eigenvalue weighted by Crippen LogP contribution is -2.49. The van der Waals surface area contributed by atoms with Crippen LogP contribution in [0.1, 0.15) is 18.0 Å². The number of rotatable bonds is 1. The topological polar surface area (TPSA) is 42.3 Å². The Hall–Kier alpha value is -1.23. The van der Waals surface area contributed by atoms with Crippen LogP contribution in [0.2, 0.25) is 0 Å². The van der Waals surface area contributed by atoms with Crippen molar-refractivity contribution in [1.29, 1.82) is 0 Å². The van der Waals surface area contributed by atoms with Crippen LogP contribution in [0.4, 0.5) is 0 Å². The summed E-state index contributed by atoms with van der Waals surface area (Å²) in [5.41, 5.74) is 1.16. The van der Waals surface area contributed by atoms with Crippen LogP contribution >= 0.6 is 12.6 Å². The fraction of sp³-hybridized carbons (Fsp3) is 0.538. The molecule has 2 aliphatic rings. The smallest absolute Gasteiger partial charge is 0.250 e. The van der Waals surface area contributed by atoms with Crippen molar-refractivity contribution >= 4 is 18.5 Å². The molecule has 2 aliphatic heterocycles. The van der Waals surface area contributed by atoms with Crippen LogP contribution in [0.25, 0.3) is 0 Å². The quantitative estimate of drug-likeness (QED) is 0.760. The molecule has 2 unspecified atom stereocenters. The summed E-state index contributed by atoms with van der Waals surface area (Å²) in [6.07, 6.45) is 1.08. The SMILES string of the molecule is O=C(CS)N1CC2CC(C1)c1cccc(=O)n1C2. The van der Waals surface area contributed by atoms with Gasteiger partial charge in [0.05, 0.1) is 5.75 Å². The molecule has 0 aliphatic carbocycles. The van der Waals surface area contributed by atoms with Gasteiger partial charge in [0.1, 0.15) is 0 Å². The predicted molar refractivity (Wildman–Crippen MR) is 72.0 cm³/mol.